The van der Waals surface area contributed by atoms with Gasteiger partial charge in [-0.15, -0.1) is 0 Å². The van der Waals surface area contributed by atoms with Gasteiger partial charge >= 0.3 is 0 Å². The second-order valence-corrected chi connectivity index (χ2v) is 10.9. The third-order valence-corrected chi connectivity index (χ3v) is 7.68. The molecule has 194 valence electrons. The quantitative estimate of drug-likeness (QED) is 0.127. The number of unbranched alkanes of at least 4 members (excludes halogenated alkanes) is 5. The smallest absolute Gasteiger partial charge is 0.266 e. The molecule has 1 aliphatic rings. The van der Waals surface area contributed by atoms with Gasteiger partial charge in [-0.25, -0.2) is 4.68 Å². The summed E-state index contributed by atoms with van der Waals surface area (Å²) < 4.78 is 8.42. The van der Waals surface area contributed by atoms with E-state index < -0.39 is 0 Å². The van der Waals surface area contributed by atoms with Crippen molar-refractivity contribution >= 4 is 40.3 Å². The van der Waals surface area contributed by atoms with E-state index in [1.54, 1.807) is 4.90 Å². The van der Waals surface area contributed by atoms with Crippen molar-refractivity contribution in [3.63, 3.8) is 0 Å². The number of thiocarbonyl (C=S) groups is 1. The lowest BCUT2D eigenvalue weighted by atomic mass is 10.1. The Bertz CT molecular complexity index is 1220. The van der Waals surface area contributed by atoms with Crippen molar-refractivity contribution in [2.45, 2.75) is 58.8 Å². The summed E-state index contributed by atoms with van der Waals surface area (Å²) in [6, 6.07) is 18.1. The van der Waals surface area contributed by atoms with Crippen LogP contribution in [0.5, 0.6) is 5.75 Å². The Balaban J connectivity index is 1.59. The van der Waals surface area contributed by atoms with E-state index in [1.807, 2.05) is 71.6 Å². The van der Waals surface area contributed by atoms with E-state index in [9.17, 15) is 4.79 Å². The Kier molecular flexibility index (Phi) is 9.97. The van der Waals surface area contributed by atoms with Crippen LogP contribution >= 0.6 is 24.0 Å². The second kappa shape index (κ2) is 13.6. The molecule has 5 nitrogen and oxygen atoms in total. The largest absolute Gasteiger partial charge is 0.494 e. The molecule has 0 spiro atoms. The maximum Gasteiger partial charge on any atom is 0.266 e. The molecule has 4 rings (SSSR count). The third-order valence-electron chi connectivity index (χ3n) is 6.30. The highest BCUT2D eigenvalue weighted by molar-refractivity contribution is 8.26. The summed E-state index contributed by atoms with van der Waals surface area (Å²) in [6.45, 7) is 5.77. The number of ether oxygens (including phenoxy) is 1. The number of nitrogens with zero attached hydrogens (tertiary/aromatic N) is 3. The first-order valence-electron chi connectivity index (χ1n) is 13.2. The van der Waals surface area contributed by atoms with Crippen LogP contribution in [0.15, 0.2) is 65.7 Å². The van der Waals surface area contributed by atoms with Gasteiger partial charge in [0.1, 0.15) is 10.1 Å². The number of thioether (sulfide) groups is 1. The molecule has 0 unspecified atom stereocenters. The summed E-state index contributed by atoms with van der Waals surface area (Å²) in [5, 5.41) is 4.91. The number of aromatic nitrogens is 2. The van der Waals surface area contributed by atoms with Crippen LogP contribution in [0.1, 0.15) is 64.4 Å². The van der Waals surface area contributed by atoms with Crippen molar-refractivity contribution < 1.29 is 9.53 Å². The summed E-state index contributed by atoms with van der Waals surface area (Å²) in [5.74, 6) is 0.841. The lowest BCUT2D eigenvalue weighted by Gasteiger charge is -2.13. The fraction of sp³-hybridized carbons (Fsp3) is 0.367. The van der Waals surface area contributed by atoms with Gasteiger partial charge < -0.3 is 4.74 Å². The Morgan fingerprint density at radius 3 is 2.41 bits per heavy atom. The van der Waals surface area contributed by atoms with Gasteiger partial charge in [0.25, 0.3) is 5.91 Å². The van der Waals surface area contributed by atoms with Crippen molar-refractivity contribution in [1.29, 1.82) is 0 Å². The van der Waals surface area contributed by atoms with Crippen LogP contribution in [0.2, 0.25) is 0 Å². The van der Waals surface area contributed by atoms with Gasteiger partial charge in [0.15, 0.2) is 0 Å². The van der Waals surface area contributed by atoms with E-state index in [2.05, 4.69) is 13.8 Å². The van der Waals surface area contributed by atoms with Crippen LogP contribution < -0.4 is 4.74 Å². The molecule has 1 fully saturated rings. The summed E-state index contributed by atoms with van der Waals surface area (Å²) in [5.41, 5.74) is 3.63. The van der Waals surface area contributed by atoms with E-state index in [0.717, 1.165) is 60.5 Å². The molecule has 1 aliphatic heterocycles. The van der Waals surface area contributed by atoms with E-state index in [0.29, 0.717) is 15.8 Å². The summed E-state index contributed by atoms with van der Waals surface area (Å²) in [4.78, 5) is 15.5. The molecule has 0 N–H and O–H groups in total. The van der Waals surface area contributed by atoms with Gasteiger partial charge in [0.05, 0.1) is 22.9 Å². The summed E-state index contributed by atoms with van der Waals surface area (Å²) in [7, 11) is 0. The minimum Gasteiger partial charge on any atom is -0.494 e. The maximum atomic E-state index is 13.2. The van der Waals surface area contributed by atoms with Gasteiger partial charge in [-0.2, -0.15) is 5.10 Å². The molecular weight excluding hydrogens is 498 g/mol. The zero-order valence-corrected chi connectivity index (χ0v) is 23.3. The van der Waals surface area contributed by atoms with E-state index in [4.69, 9.17) is 22.1 Å². The molecule has 37 heavy (non-hydrogen) atoms. The number of carbonyl (C=O) groups is 1. The van der Waals surface area contributed by atoms with Crippen LogP contribution in [-0.2, 0) is 4.79 Å². The molecule has 0 atom stereocenters. The normalized spacial score (nSPS) is 14.6. The molecule has 1 amide bonds. The van der Waals surface area contributed by atoms with Crippen LogP contribution in [0.25, 0.3) is 23.0 Å². The Morgan fingerprint density at radius 2 is 1.68 bits per heavy atom. The van der Waals surface area contributed by atoms with Crippen molar-refractivity contribution in [2.75, 3.05) is 13.2 Å². The predicted molar refractivity (Wildman–Crippen MR) is 158 cm³/mol. The highest BCUT2D eigenvalue weighted by atomic mass is 32.2. The van der Waals surface area contributed by atoms with Gasteiger partial charge in [-0.05, 0) is 55.3 Å². The minimum atomic E-state index is -0.0173. The monoisotopic (exact) mass is 533 g/mol. The molecule has 0 aliphatic carbocycles. The average Bonchev–Trinajstić information content (AvgIpc) is 3.46. The fourth-order valence-corrected chi connectivity index (χ4v) is 5.51. The number of benzene rings is 2. The van der Waals surface area contributed by atoms with Crippen molar-refractivity contribution in [3.8, 4) is 22.7 Å². The van der Waals surface area contributed by atoms with Crippen LogP contribution in [0.4, 0.5) is 0 Å². The molecule has 0 radical (unpaired) electrons. The molecule has 0 saturated carbocycles. The lowest BCUT2D eigenvalue weighted by Crippen LogP contribution is -2.28. The minimum absolute atomic E-state index is 0.0173. The number of hydrogen-bond donors (Lipinski definition) is 0. The summed E-state index contributed by atoms with van der Waals surface area (Å²) in [6.07, 6.45) is 11.8. The molecule has 0 bridgehead atoms. The zero-order valence-electron chi connectivity index (χ0n) is 21.7. The number of hydrogen-bond acceptors (Lipinski definition) is 5. The second-order valence-electron chi connectivity index (χ2n) is 9.19. The van der Waals surface area contributed by atoms with E-state index in [-0.39, 0.29) is 5.91 Å². The topological polar surface area (TPSA) is 47.4 Å². The summed E-state index contributed by atoms with van der Waals surface area (Å²) >= 11 is 6.91. The first-order chi connectivity index (χ1) is 18.1. The third kappa shape index (κ3) is 7.11. The highest BCUT2D eigenvalue weighted by Crippen LogP contribution is 2.35. The molecule has 3 aromatic rings. The average molecular weight is 534 g/mol. The molecule has 7 heteroatoms. The van der Waals surface area contributed by atoms with Crippen molar-refractivity contribution in [3.05, 3.63) is 71.3 Å². The SMILES string of the molecule is CCCCCCOc1ccc(-c2nn(-c3ccccc3)cc2/C=C2/SC(=S)N(CCCCC)C2=O)cc1. The molecule has 2 aromatic carbocycles. The van der Waals surface area contributed by atoms with Gasteiger partial charge in [0.2, 0.25) is 0 Å². The van der Waals surface area contributed by atoms with E-state index >= 15 is 0 Å². The first kappa shape index (κ1) is 27.1. The first-order valence-corrected chi connectivity index (χ1v) is 14.5. The molecule has 1 saturated heterocycles. The van der Waals surface area contributed by atoms with Gasteiger partial charge in [-0.1, -0.05) is 88.1 Å². The van der Waals surface area contributed by atoms with Crippen LogP contribution in [-0.4, -0.2) is 38.1 Å². The fourth-order valence-electron chi connectivity index (χ4n) is 4.21. The molecule has 2 heterocycles. The van der Waals surface area contributed by atoms with Gasteiger partial charge in [0, 0.05) is 23.9 Å². The molecular formula is C30H35N3O2S2. The maximum absolute atomic E-state index is 13.2. The lowest BCUT2D eigenvalue weighted by molar-refractivity contribution is -0.122. The number of carbonyl (C=O) groups excluding carboxylic acids is 1. The number of amides is 1. The Morgan fingerprint density at radius 1 is 0.946 bits per heavy atom. The van der Waals surface area contributed by atoms with Gasteiger partial charge in [-0.3, -0.25) is 9.69 Å². The Labute approximate surface area is 229 Å². The Hall–Kier alpha value is -2.90. The zero-order chi connectivity index (χ0) is 26.0. The molecule has 1 aromatic heterocycles. The number of para-hydroxylation sites is 1. The van der Waals surface area contributed by atoms with Crippen LogP contribution in [0.3, 0.4) is 0 Å². The van der Waals surface area contributed by atoms with Crippen molar-refractivity contribution in [1.82, 2.24) is 14.7 Å². The van der Waals surface area contributed by atoms with Crippen LogP contribution in [0, 0.1) is 0 Å². The predicted octanol–water partition coefficient (Wildman–Crippen LogP) is 7.89. The standard InChI is InChI=1S/C30H35N3O2S2/c1-3-5-7-12-20-35-26-17-15-23(16-18-26)28-24(22-33(31-28)25-13-9-8-10-14-25)21-27-29(34)32(30(36)37-27)19-11-6-4-2/h8-10,13-18,21-22H,3-7,11-12,19-20H2,1-2H3/b27-21+. The van der Waals surface area contributed by atoms with E-state index in [1.165, 1.54) is 31.0 Å². The highest BCUT2D eigenvalue weighted by Gasteiger charge is 2.32. The number of rotatable bonds is 13. The van der Waals surface area contributed by atoms with Crippen molar-refractivity contribution in [2.24, 2.45) is 0 Å².